The molecule has 2 aliphatic heterocycles. The second-order valence-electron chi connectivity index (χ2n) is 10.5. The average molecular weight is 647 g/mol. The summed E-state index contributed by atoms with van der Waals surface area (Å²) in [5.74, 6) is -1.08. The van der Waals surface area contributed by atoms with E-state index >= 15 is 0 Å². The van der Waals surface area contributed by atoms with Crippen LogP contribution < -0.4 is 19.7 Å². The van der Waals surface area contributed by atoms with Crippen LogP contribution in [-0.4, -0.2) is 51.2 Å². The Bertz CT molecular complexity index is 1860. The molecule has 2 aliphatic rings. The molecule has 1 spiro atoms. The zero-order chi connectivity index (χ0) is 31.7. The van der Waals surface area contributed by atoms with Crippen LogP contribution in [0, 0.1) is 6.92 Å². The number of aryl methyl sites for hydroxylation is 1. The van der Waals surface area contributed by atoms with Gasteiger partial charge in [0, 0.05) is 33.5 Å². The highest BCUT2D eigenvalue weighted by Crippen LogP contribution is 2.55. The van der Waals surface area contributed by atoms with Gasteiger partial charge in [-0.05, 0) is 50.6 Å². The third-order valence-electron chi connectivity index (χ3n) is 7.40. The standard InChI is InChI=1S/C29H23Cl2F3N6O4/c1-13(2)39-22-21(37-23(39)17-11-35-27(38-24(17)43-4)44-12-28(32,33)34)25(41)40(20-10-16(31)6-5-14(20)3)29(22)18-8-7-15(30)9-19(18)36-26(29)42/h5-11,13H,12H2,1-4H3,(H,36,42). The lowest BCUT2D eigenvalue weighted by atomic mass is 9.86. The summed E-state index contributed by atoms with van der Waals surface area (Å²) in [5, 5.41) is 3.62. The number of fused-ring (bicyclic) bond motifs is 4. The first-order valence-corrected chi connectivity index (χ1v) is 14.0. The number of anilines is 2. The Balaban J connectivity index is 1.63. The molecule has 44 heavy (non-hydrogen) atoms. The smallest absolute Gasteiger partial charge is 0.422 e. The van der Waals surface area contributed by atoms with Crippen molar-refractivity contribution in [2.24, 2.45) is 0 Å². The largest absolute Gasteiger partial charge is 0.480 e. The van der Waals surface area contributed by atoms with E-state index in [9.17, 15) is 22.8 Å². The molecule has 4 heterocycles. The lowest BCUT2D eigenvalue weighted by Gasteiger charge is -2.36. The zero-order valence-corrected chi connectivity index (χ0v) is 25.1. The van der Waals surface area contributed by atoms with Gasteiger partial charge in [-0.3, -0.25) is 14.5 Å². The number of amides is 2. The van der Waals surface area contributed by atoms with Crippen LogP contribution in [0.25, 0.3) is 11.4 Å². The molecule has 0 radical (unpaired) electrons. The molecule has 1 atom stereocenters. The minimum absolute atomic E-state index is 0.0227. The SMILES string of the molecule is COc1nc(OCC(F)(F)F)ncc1-c1nc2c(n1C(C)C)C1(C(=O)Nc3cc(Cl)ccc31)N(c1cc(Cl)ccc1C)C2=O. The topological polar surface area (TPSA) is 111 Å². The number of alkyl halides is 3. The van der Waals surface area contributed by atoms with Crippen molar-refractivity contribution in [2.75, 3.05) is 23.9 Å². The monoisotopic (exact) mass is 646 g/mol. The van der Waals surface area contributed by atoms with Crippen molar-refractivity contribution < 1.29 is 32.2 Å². The van der Waals surface area contributed by atoms with E-state index in [0.29, 0.717) is 32.5 Å². The van der Waals surface area contributed by atoms with Crippen LogP contribution in [0.2, 0.25) is 10.0 Å². The highest BCUT2D eigenvalue weighted by Gasteiger charge is 2.64. The van der Waals surface area contributed by atoms with Gasteiger partial charge in [-0.1, -0.05) is 35.3 Å². The summed E-state index contributed by atoms with van der Waals surface area (Å²) in [7, 11) is 1.27. The normalized spacial score (nSPS) is 17.4. The molecule has 1 N–H and O–H groups in total. The van der Waals surface area contributed by atoms with Crippen LogP contribution in [0.3, 0.4) is 0 Å². The van der Waals surface area contributed by atoms with Gasteiger partial charge in [-0.15, -0.1) is 0 Å². The number of imidazole rings is 1. The van der Waals surface area contributed by atoms with Crippen molar-refractivity contribution in [2.45, 2.75) is 38.5 Å². The molecule has 0 saturated carbocycles. The number of benzene rings is 2. The first-order chi connectivity index (χ1) is 20.8. The van der Waals surface area contributed by atoms with Crippen LogP contribution in [0.15, 0.2) is 42.6 Å². The fourth-order valence-corrected chi connectivity index (χ4v) is 6.04. The van der Waals surface area contributed by atoms with E-state index in [-0.39, 0.29) is 28.7 Å². The van der Waals surface area contributed by atoms with Gasteiger partial charge >= 0.3 is 12.2 Å². The van der Waals surface area contributed by atoms with E-state index < -0.39 is 42.2 Å². The van der Waals surface area contributed by atoms with Crippen LogP contribution in [0.1, 0.15) is 47.2 Å². The molecule has 2 aromatic heterocycles. The highest BCUT2D eigenvalue weighted by atomic mass is 35.5. The van der Waals surface area contributed by atoms with Crippen molar-refractivity contribution in [3.05, 3.63) is 75.2 Å². The molecule has 4 aromatic rings. The first kappa shape index (κ1) is 29.7. The Labute approximate surface area is 258 Å². The summed E-state index contributed by atoms with van der Waals surface area (Å²) in [6.07, 6.45) is -3.40. The van der Waals surface area contributed by atoms with Crippen LogP contribution >= 0.6 is 23.2 Å². The lowest BCUT2D eigenvalue weighted by molar-refractivity contribution is -0.154. The summed E-state index contributed by atoms with van der Waals surface area (Å²) >= 11 is 12.7. The second-order valence-corrected chi connectivity index (χ2v) is 11.4. The van der Waals surface area contributed by atoms with Crippen LogP contribution in [-0.2, 0) is 10.3 Å². The van der Waals surface area contributed by atoms with E-state index in [1.165, 1.54) is 18.2 Å². The van der Waals surface area contributed by atoms with E-state index in [4.69, 9.17) is 37.7 Å². The maximum absolute atomic E-state index is 14.5. The Hall–Kier alpha value is -4.36. The van der Waals surface area contributed by atoms with E-state index in [0.717, 1.165) is 0 Å². The molecule has 0 saturated heterocycles. The minimum atomic E-state index is -4.60. The maximum atomic E-state index is 14.5. The van der Waals surface area contributed by atoms with Crippen molar-refractivity contribution in [1.82, 2.24) is 19.5 Å². The van der Waals surface area contributed by atoms with Gasteiger partial charge < -0.3 is 19.4 Å². The third kappa shape index (κ3) is 4.44. The minimum Gasteiger partial charge on any atom is -0.480 e. The number of carbonyl (C=O) groups excluding carboxylic acids is 2. The summed E-state index contributed by atoms with van der Waals surface area (Å²) < 4.78 is 50.0. The molecule has 0 fully saturated rings. The van der Waals surface area contributed by atoms with Crippen molar-refractivity contribution in [1.29, 1.82) is 0 Å². The number of rotatable bonds is 6. The van der Waals surface area contributed by atoms with Crippen molar-refractivity contribution >= 4 is 46.4 Å². The molecule has 2 aromatic carbocycles. The number of hydrogen-bond acceptors (Lipinski definition) is 7. The number of aromatic nitrogens is 4. The van der Waals surface area contributed by atoms with E-state index in [1.807, 2.05) is 13.8 Å². The Kier molecular flexibility index (Phi) is 7.00. The van der Waals surface area contributed by atoms with Crippen molar-refractivity contribution in [3.8, 4) is 23.3 Å². The number of ether oxygens (including phenoxy) is 2. The quantitative estimate of drug-likeness (QED) is 0.260. The average Bonchev–Trinajstić information content (AvgIpc) is 3.56. The van der Waals surface area contributed by atoms with Gasteiger partial charge in [-0.2, -0.15) is 18.2 Å². The molecule has 2 amide bonds. The molecule has 0 aliphatic carbocycles. The number of nitrogens with one attached hydrogen (secondary N) is 1. The zero-order valence-electron chi connectivity index (χ0n) is 23.6. The first-order valence-electron chi connectivity index (χ1n) is 13.2. The van der Waals surface area contributed by atoms with Crippen molar-refractivity contribution in [3.63, 3.8) is 0 Å². The molecular weight excluding hydrogens is 624 g/mol. The predicted octanol–water partition coefficient (Wildman–Crippen LogP) is 6.34. The summed E-state index contributed by atoms with van der Waals surface area (Å²) in [6, 6.07) is 8.98. The second kappa shape index (κ2) is 10.4. The highest BCUT2D eigenvalue weighted by molar-refractivity contribution is 6.32. The fourth-order valence-electron chi connectivity index (χ4n) is 5.70. The molecule has 6 rings (SSSR count). The van der Waals surface area contributed by atoms with Gasteiger partial charge in [0.15, 0.2) is 17.8 Å². The lowest BCUT2D eigenvalue weighted by Crippen LogP contribution is -2.51. The molecule has 1 unspecified atom stereocenters. The fraction of sp³-hybridized carbons (Fsp3) is 0.276. The number of methoxy groups -OCH3 is 1. The summed E-state index contributed by atoms with van der Waals surface area (Å²) in [4.78, 5) is 42.8. The number of carbonyl (C=O) groups is 2. The van der Waals surface area contributed by atoms with Gasteiger partial charge in [0.05, 0.1) is 24.1 Å². The van der Waals surface area contributed by atoms with E-state index in [2.05, 4.69) is 15.3 Å². The summed E-state index contributed by atoms with van der Waals surface area (Å²) in [5.41, 5.74) is 0.643. The number of hydrogen-bond donors (Lipinski definition) is 1. The molecule has 0 bridgehead atoms. The molecule has 15 heteroatoms. The van der Waals surface area contributed by atoms with Gasteiger partial charge in [-0.25, -0.2) is 9.97 Å². The Morgan fingerprint density at radius 3 is 2.45 bits per heavy atom. The van der Waals surface area contributed by atoms with Gasteiger partial charge in [0.1, 0.15) is 5.82 Å². The Morgan fingerprint density at radius 1 is 1.07 bits per heavy atom. The van der Waals surface area contributed by atoms with Gasteiger partial charge in [0.2, 0.25) is 5.88 Å². The number of nitrogens with zero attached hydrogens (tertiary/aromatic N) is 5. The van der Waals surface area contributed by atoms with Crippen LogP contribution in [0.5, 0.6) is 11.9 Å². The van der Waals surface area contributed by atoms with E-state index in [1.54, 1.807) is 47.9 Å². The molecule has 10 nitrogen and oxygen atoms in total. The molecular formula is C29H23Cl2F3N6O4. The van der Waals surface area contributed by atoms with Crippen LogP contribution in [0.4, 0.5) is 24.5 Å². The third-order valence-corrected chi connectivity index (χ3v) is 7.87. The van der Waals surface area contributed by atoms with Gasteiger partial charge in [0.25, 0.3) is 11.8 Å². The molecule has 228 valence electrons. The Morgan fingerprint density at radius 2 is 1.77 bits per heavy atom. The maximum Gasteiger partial charge on any atom is 0.422 e. The predicted molar refractivity (Wildman–Crippen MR) is 156 cm³/mol. The summed E-state index contributed by atoms with van der Waals surface area (Å²) in [6.45, 7) is 3.87. The number of halogens is 5.